The molecule has 0 aliphatic carbocycles. The molecule has 148 valence electrons. The maximum atomic E-state index is 11.9. The molecule has 0 amide bonds. The fourth-order valence-electron chi connectivity index (χ4n) is 2.96. The minimum Gasteiger partial charge on any atom is -0.493 e. The predicted molar refractivity (Wildman–Crippen MR) is 106 cm³/mol. The second-order valence-electron chi connectivity index (χ2n) is 6.66. The molecule has 0 radical (unpaired) electrons. The van der Waals surface area contributed by atoms with E-state index in [9.17, 15) is 8.42 Å². The summed E-state index contributed by atoms with van der Waals surface area (Å²) in [6, 6.07) is 14.0. The highest BCUT2D eigenvalue weighted by molar-refractivity contribution is 7.86. The van der Waals surface area contributed by atoms with Crippen molar-refractivity contribution < 1.29 is 17.3 Å². The highest BCUT2D eigenvalue weighted by Crippen LogP contribution is 2.20. The van der Waals surface area contributed by atoms with Crippen molar-refractivity contribution in [1.29, 1.82) is 0 Å². The minimum atomic E-state index is -3.48. The molecule has 2 aromatic carbocycles. The Balaban J connectivity index is 1.31. The third-order valence-electron chi connectivity index (χ3n) is 4.38. The Labute approximate surface area is 160 Å². The van der Waals surface area contributed by atoms with E-state index in [1.807, 2.05) is 53.5 Å². The number of hydrazine groups is 2. The Bertz CT molecular complexity index is 844. The van der Waals surface area contributed by atoms with Crippen LogP contribution < -0.4 is 10.3 Å². The van der Waals surface area contributed by atoms with E-state index in [0.717, 1.165) is 29.6 Å². The number of hydrogen-bond acceptors (Lipinski definition) is 7. The number of ether oxygens (including phenoxy) is 1. The minimum absolute atomic E-state index is 0.0282. The summed E-state index contributed by atoms with van der Waals surface area (Å²) in [5.74, 6) is 0.806. The van der Waals surface area contributed by atoms with Gasteiger partial charge in [-0.15, -0.1) is 0 Å². The third-order valence-corrected chi connectivity index (χ3v) is 5.70. The van der Waals surface area contributed by atoms with Crippen molar-refractivity contribution in [2.75, 3.05) is 45.6 Å². The maximum Gasteiger partial charge on any atom is 0.267 e. The van der Waals surface area contributed by atoms with E-state index >= 15 is 0 Å². The van der Waals surface area contributed by atoms with Gasteiger partial charge in [0.15, 0.2) is 0 Å². The van der Waals surface area contributed by atoms with Gasteiger partial charge in [-0.05, 0) is 29.3 Å². The van der Waals surface area contributed by atoms with E-state index in [2.05, 4.69) is 11.6 Å². The summed E-state index contributed by atoms with van der Waals surface area (Å²) in [5.41, 5.74) is 3.14. The highest BCUT2D eigenvalue weighted by atomic mass is 32.2. The molecular weight excluding hydrogens is 366 g/mol. The van der Waals surface area contributed by atoms with Crippen LogP contribution in [0.2, 0.25) is 0 Å². The second kappa shape index (κ2) is 9.48. The Morgan fingerprint density at radius 3 is 2.63 bits per heavy atom. The van der Waals surface area contributed by atoms with Crippen LogP contribution in [-0.4, -0.2) is 64.1 Å². The molecule has 1 fully saturated rings. The van der Waals surface area contributed by atoms with Gasteiger partial charge in [-0.25, -0.2) is 10.0 Å². The molecule has 1 N–H and O–H groups in total. The Morgan fingerprint density at radius 2 is 1.85 bits per heavy atom. The quantitative estimate of drug-likeness (QED) is 0.489. The normalized spacial score (nSPS) is 16.2. The van der Waals surface area contributed by atoms with Crippen LogP contribution in [0.15, 0.2) is 42.5 Å². The number of nitrogens with one attached hydrogen (secondary N) is 1. The van der Waals surface area contributed by atoms with Crippen LogP contribution in [0.25, 0.3) is 10.8 Å². The Kier molecular flexibility index (Phi) is 7.03. The molecule has 2 aromatic rings. The first-order valence-electron chi connectivity index (χ1n) is 9.23. The maximum absolute atomic E-state index is 11.9. The van der Waals surface area contributed by atoms with Crippen molar-refractivity contribution in [3.8, 4) is 5.75 Å². The Morgan fingerprint density at radius 1 is 1.04 bits per heavy atom. The third kappa shape index (κ3) is 6.44. The average molecular weight is 394 g/mol. The van der Waals surface area contributed by atoms with Gasteiger partial charge in [0.25, 0.3) is 10.1 Å². The van der Waals surface area contributed by atoms with Crippen molar-refractivity contribution in [3.63, 3.8) is 0 Å². The average Bonchev–Trinajstić information content (AvgIpc) is 3.06. The van der Waals surface area contributed by atoms with Crippen molar-refractivity contribution in [1.82, 2.24) is 15.6 Å². The zero-order valence-corrected chi connectivity index (χ0v) is 16.5. The van der Waals surface area contributed by atoms with E-state index in [1.165, 1.54) is 0 Å². The number of hydrogen-bond donors (Lipinski definition) is 1. The molecule has 8 heteroatoms. The van der Waals surface area contributed by atoms with Gasteiger partial charge in [-0.3, -0.25) is 4.18 Å². The fourth-order valence-corrected chi connectivity index (χ4v) is 3.93. The van der Waals surface area contributed by atoms with Crippen LogP contribution >= 0.6 is 0 Å². The SMILES string of the molecule is CN1CCN(CCCS(=O)(=O)OCCCOc2ccc3ccccc3c2)N1. The van der Waals surface area contributed by atoms with E-state index in [1.54, 1.807) is 0 Å². The topological polar surface area (TPSA) is 71.1 Å². The molecule has 0 atom stereocenters. The molecular formula is C19H27N3O4S. The summed E-state index contributed by atoms with van der Waals surface area (Å²) in [6.07, 6.45) is 1.06. The lowest BCUT2D eigenvalue weighted by molar-refractivity contribution is 0.144. The molecule has 0 saturated carbocycles. The number of nitrogens with zero attached hydrogens (tertiary/aromatic N) is 2. The van der Waals surface area contributed by atoms with Crippen LogP contribution in [0.4, 0.5) is 0 Å². The zero-order chi connectivity index (χ0) is 19.1. The summed E-state index contributed by atoms with van der Waals surface area (Å²) in [5, 5.41) is 6.26. The molecule has 0 unspecified atom stereocenters. The molecule has 0 bridgehead atoms. The van der Waals surface area contributed by atoms with Crippen molar-refractivity contribution in [2.45, 2.75) is 12.8 Å². The smallest absolute Gasteiger partial charge is 0.267 e. The monoisotopic (exact) mass is 393 g/mol. The van der Waals surface area contributed by atoms with Crippen LogP contribution in [0.1, 0.15) is 12.8 Å². The Hall–Kier alpha value is -1.71. The molecule has 3 rings (SSSR count). The molecule has 7 nitrogen and oxygen atoms in total. The van der Waals surface area contributed by atoms with Gasteiger partial charge in [0.05, 0.1) is 19.0 Å². The number of benzene rings is 2. The standard InChI is InChI=1S/C19H27N3O4S/c1-21-11-12-22(20-21)10-4-15-27(23,24)26-14-5-13-25-19-9-8-17-6-2-3-7-18(17)16-19/h2-3,6-9,16,20H,4-5,10-15H2,1H3. The van der Waals surface area contributed by atoms with Gasteiger partial charge in [0, 0.05) is 33.1 Å². The largest absolute Gasteiger partial charge is 0.493 e. The molecule has 0 spiro atoms. The van der Waals surface area contributed by atoms with Crippen LogP contribution in [0.5, 0.6) is 5.75 Å². The fraction of sp³-hybridized carbons (Fsp3) is 0.474. The summed E-state index contributed by atoms with van der Waals surface area (Å²) in [6.45, 7) is 3.06. The molecule has 1 aliphatic rings. The van der Waals surface area contributed by atoms with Gasteiger partial charge in [-0.2, -0.15) is 14.0 Å². The lowest BCUT2D eigenvalue weighted by Gasteiger charge is -2.16. The van der Waals surface area contributed by atoms with Crippen LogP contribution in [0.3, 0.4) is 0 Å². The molecule has 1 aliphatic heterocycles. The van der Waals surface area contributed by atoms with E-state index in [4.69, 9.17) is 8.92 Å². The molecule has 0 aromatic heterocycles. The molecule has 1 saturated heterocycles. The van der Waals surface area contributed by atoms with Gasteiger partial charge >= 0.3 is 0 Å². The molecule has 27 heavy (non-hydrogen) atoms. The summed E-state index contributed by atoms with van der Waals surface area (Å²) < 4.78 is 34.6. The second-order valence-corrected chi connectivity index (χ2v) is 8.42. The van der Waals surface area contributed by atoms with Crippen molar-refractivity contribution in [3.05, 3.63) is 42.5 Å². The number of rotatable bonds is 10. The molecule has 1 heterocycles. The number of likely N-dealkylation sites (N-methyl/N-ethyl adjacent to an activating group) is 1. The summed E-state index contributed by atoms with van der Waals surface area (Å²) >= 11 is 0. The first-order chi connectivity index (χ1) is 13.0. The van der Waals surface area contributed by atoms with Crippen LogP contribution in [-0.2, 0) is 14.3 Å². The predicted octanol–water partition coefficient (Wildman–Crippen LogP) is 2.01. The van der Waals surface area contributed by atoms with Crippen molar-refractivity contribution in [2.24, 2.45) is 0 Å². The van der Waals surface area contributed by atoms with Crippen LogP contribution in [0, 0.1) is 0 Å². The highest BCUT2D eigenvalue weighted by Gasteiger charge is 2.17. The number of fused-ring (bicyclic) bond motifs is 1. The lowest BCUT2D eigenvalue weighted by Crippen LogP contribution is -2.38. The van der Waals surface area contributed by atoms with E-state index < -0.39 is 10.1 Å². The summed E-state index contributed by atoms with van der Waals surface area (Å²) in [7, 11) is -1.53. The van der Waals surface area contributed by atoms with E-state index in [-0.39, 0.29) is 12.4 Å². The summed E-state index contributed by atoms with van der Waals surface area (Å²) in [4.78, 5) is 0. The van der Waals surface area contributed by atoms with Gasteiger partial charge < -0.3 is 4.74 Å². The first kappa shape index (κ1) is 20.0. The first-order valence-corrected chi connectivity index (χ1v) is 10.8. The lowest BCUT2D eigenvalue weighted by atomic mass is 10.1. The van der Waals surface area contributed by atoms with Gasteiger partial charge in [0.1, 0.15) is 5.75 Å². The van der Waals surface area contributed by atoms with Crippen molar-refractivity contribution >= 4 is 20.9 Å². The van der Waals surface area contributed by atoms with Gasteiger partial charge in [0.2, 0.25) is 0 Å². The zero-order valence-electron chi connectivity index (χ0n) is 15.6. The van der Waals surface area contributed by atoms with Gasteiger partial charge in [-0.1, -0.05) is 30.3 Å². The van der Waals surface area contributed by atoms with E-state index in [0.29, 0.717) is 26.0 Å².